The van der Waals surface area contributed by atoms with Crippen LogP contribution < -0.4 is 20.3 Å². The molecule has 1 aliphatic rings. The Morgan fingerprint density at radius 1 is 1.20 bits per heavy atom. The number of methoxy groups -OCH3 is 1. The molecule has 0 unspecified atom stereocenters. The van der Waals surface area contributed by atoms with Gasteiger partial charge in [-0.1, -0.05) is 12.1 Å². The van der Waals surface area contributed by atoms with E-state index in [0.29, 0.717) is 23.9 Å². The van der Waals surface area contributed by atoms with Crippen molar-refractivity contribution in [3.63, 3.8) is 0 Å². The quantitative estimate of drug-likeness (QED) is 0.175. The number of ether oxygens (including phenoxy) is 3. The van der Waals surface area contributed by atoms with Crippen LogP contribution in [-0.2, 0) is 9.53 Å². The van der Waals surface area contributed by atoms with E-state index in [4.69, 9.17) is 19.4 Å². The van der Waals surface area contributed by atoms with Crippen LogP contribution in [0.15, 0.2) is 48.8 Å². The number of aromatic nitrogens is 2. The first-order valence-electron chi connectivity index (χ1n) is 11.4. The van der Waals surface area contributed by atoms with Crippen LogP contribution in [-0.4, -0.2) is 72.5 Å². The fourth-order valence-electron chi connectivity index (χ4n) is 3.80. The van der Waals surface area contributed by atoms with Crippen molar-refractivity contribution in [2.75, 3.05) is 51.9 Å². The second kappa shape index (κ2) is 12.1. The van der Waals surface area contributed by atoms with Crippen molar-refractivity contribution in [2.45, 2.75) is 6.42 Å². The van der Waals surface area contributed by atoms with Gasteiger partial charge >= 0.3 is 0 Å². The van der Waals surface area contributed by atoms with Crippen LogP contribution in [0.1, 0.15) is 12.0 Å². The lowest BCUT2D eigenvalue weighted by molar-refractivity contribution is -0.124. The summed E-state index contributed by atoms with van der Waals surface area (Å²) in [7, 11) is 1.61. The van der Waals surface area contributed by atoms with Crippen LogP contribution in [0.3, 0.4) is 0 Å². The summed E-state index contributed by atoms with van der Waals surface area (Å²) in [6.45, 7) is 5.00. The molecule has 0 aliphatic carbocycles. The lowest BCUT2D eigenvalue weighted by Crippen LogP contribution is -2.37. The van der Waals surface area contributed by atoms with Gasteiger partial charge < -0.3 is 19.5 Å². The number of carbonyl (C=O) groups is 1. The Morgan fingerprint density at radius 2 is 2.06 bits per heavy atom. The molecule has 3 aromatic rings. The maximum Gasteiger partial charge on any atom is 0.267 e. The number of carbonyl (C=O) groups excluding carboxylic acids is 1. The first kappa shape index (κ1) is 24.4. The maximum absolute atomic E-state index is 11.3. The lowest BCUT2D eigenvalue weighted by atomic mass is 10.1. The van der Waals surface area contributed by atoms with E-state index in [1.165, 1.54) is 12.4 Å². The van der Waals surface area contributed by atoms with E-state index in [0.717, 1.165) is 61.4 Å². The monoisotopic (exact) mass is 479 g/mol. The molecular weight excluding hydrogens is 450 g/mol. The van der Waals surface area contributed by atoms with Crippen molar-refractivity contribution in [2.24, 2.45) is 0 Å². The number of hydrogen-bond donors (Lipinski definition) is 3. The van der Waals surface area contributed by atoms with Gasteiger partial charge in [-0.05, 0) is 36.3 Å². The maximum atomic E-state index is 11.3. The van der Waals surface area contributed by atoms with Gasteiger partial charge in [0.25, 0.3) is 5.91 Å². The zero-order valence-corrected chi connectivity index (χ0v) is 19.6. The highest BCUT2D eigenvalue weighted by Crippen LogP contribution is 2.35. The minimum atomic E-state index is -0.600. The van der Waals surface area contributed by atoms with E-state index in [9.17, 15) is 4.79 Å². The van der Waals surface area contributed by atoms with Gasteiger partial charge in [-0.3, -0.25) is 14.9 Å². The molecule has 0 bridgehead atoms. The number of hydroxylamine groups is 1. The Balaban J connectivity index is 1.49. The van der Waals surface area contributed by atoms with Gasteiger partial charge in [0.05, 0.1) is 32.4 Å². The second-order valence-electron chi connectivity index (χ2n) is 7.96. The molecule has 0 radical (unpaired) electrons. The summed E-state index contributed by atoms with van der Waals surface area (Å²) in [5.41, 5.74) is 3.85. The number of anilines is 2. The van der Waals surface area contributed by atoms with E-state index in [-0.39, 0.29) is 0 Å². The third kappa shape index (κ3) is 6.66. The molecule has 0 saturated carbocycles. The highest BCUT2D eigenvalue weighted by Gasteiger charge is 2.13. The Morgan fingerprint density at radius 3 is 2.86 bits per heavy atom. The Bertz CT molecular complexity index is 1180. The molecule has 1 aromatic heterocycles. The van der Waals surface area contributed by atoms with E-state index >= 15 is 0 Å². The highest BCUT2D eigenvalue weighted by molar-refractivity contribution is 5.93. The summed E-state index contributed by atoms with van der Waals surface area (Å²) in [4.78, 5) is 22.4. The average Bonchev–Trinajstić information content (AvgIpc) is 2.90. The molecule has 184 valence electrons. The normalized spacial score (nSPS) is 14.2. The number of morpholine rings is 1. The second-order valence-corrected chi connectivity index (χ2v) is 7.96. The summed E-state index contributed by atoms with van der Waals surface area (Å²) in [5, 5.41) is 12.8. The van der Waals surface area contributed by atoms with Crippen molar-refractivity contribution in [1.29, 1.82) is 0 Å². The molecule has 1 aliphatic heterocycles. The summed E-state index contributed by atoms with van der Waals surface area (Å²) in [5.74, 6) is 1.26. The smallest absolute Gasteiger partial charge is 0.267 e. The number of hydrogen-bond acceptors (Lipinski definition) is 9. The van der Waals surface area contributed by atoms with E-state index < -0.39 is 5.91 Å². The first-order valence-corrected chi connectivity index (χ1v) is 11.4. The number of fused-ring (bicyclic) bond motifs is 1. The molecule has 1 saturated heterocycles. The number of nitrogens with one attached hydrogen (secondary N) is 2. The molecule has 4 rings (SSSR count). The minimum absolute atomic E-state index is 0.561. The van der Waals surface area contributed by atoms with Crippen molar-refractivity contribution in [3.05, 3.63) is 54.4 Å². The third-order valence-corrected chi connectivity index (χ3v) is 5.59. The van der Waals surface area contributed by atoms with Crippen LogP contribution in [0.5, 0.6) is 11.5 Å². The average molecular weight is 480 g/mol. The molecule has 1 fully saturated rings. The van der Waals surface area contributed by atoms with Gasteiger partial charge in [-0.2, -0.15) is 0 Å². The van der Waals surface area contributed by atoms with Gasteiger partial charge in [0.1, 0.15) is 12.1 Å². The Hall–Kier alpha value is -3.73. The topological polar surface area (TPSA) is 118 Å². The van der Waals surface area contributed by atoms with Gasteiger partial charge in [-0.25, -0.2) is 15.4 Å². The van der Waals surface area contributed by atoms with Gasteiger partial charge in [0.2, 0.25) is 0 Å². The van der Waals surface area contributed by atoms with Crippen LogP contribution in [0, 0.1) is 0 Å². The summed E-state index contributed by atoms with van der Waals surface area (Å²) >= 11 is 0. The van der Waals surface area contributed by atoms with Gasteiger partial charge in [0, 0.05) is 42.9 Å². The van der Waals surface area contributed by atoms with Crippen molar-refractivity contribution < 1.29 is 24.2 Å². The summed E-state index contributed by atoms with van der Waals surface area (Å²) in [6, 6.07) is 11.2. The van der Waals surface area contributed by atoms with E-state index in [1.54, 1.807) is 18.7 Å². The molecule has 1 amide bonds. The van der Waals surface area contributed by atoms with Crippen LogP contribution in [0.4, 0.5) is 11.5 Å². The van der Waals surface area contributed by atoms with Crippen LogP contribution in [0.25, 0.3) is 17.0 Å². The van der Waals surface area contributed by atoms with E-state index in [1.807, 2.05) is 36.4 Å². The molecule has 3 N–H and O–H groups in total. The summed E-state index contributed by atoms with van der Waals surface area (Å²) < 4.78 is 17.0. The fourth-order valence-corrected chi connectivity index (χ4v) is 3.80. The summed E-state index contributed by atoms with van der Waals surface area (Å²) in [6.07, 6.45) is 5.23. The fraction of sp³-hybridized carbons (Fsp3) is 0.320. The zero-order valence-electron chi connectivity index (χ0n) is 19.6. The predicted octanol–water partition coefficient (Wildman–Crippen LogP) is 3.00. The van der Waals surface area contributed by atoms with Crippen molar-refractivity contribution >= 4 is 34.4 Å². The molecule has 35 heavy (non-hydrogen) atoms. The molecule has 2 heterocycles. The van der Waals surface area contributed by atoms with Gasteiger partial charge in [-0.15, -0.1) is 0 Å². The number of rotatable bonds is 10. The first-order chi connectivity index (χ1) is 17.2. The molecule has 0 spiro atoms. The van der Waals surface area contributed by atoms with Crippen molar-refractivity contribution in [1.82, 2.24) is 20.3 Å². The van der Waals surface area contributed by atoms with Crippen LogP contribution in [0.2, 0.25) is 0 Å². The van der Waals surface area contributed by atoms with Crippen molar-refractivity contribution in [3.8, 4) is 11.5 Å². The zero-order chi connectivity index (χ0) is 24.5. The molecule has 10 nitrogen and oxygen atoms in total. The largest absolute Gasteiger partial charge is 0.493 e. The molecular formula is C25H29N5O5. The third-order valence-electron chi connectivity index (χ3n) is 5.59. The number of benzene rings is 2. The van der Waals surface area contributed by atoms with Gasteiger partial charge in [0.15, 0.2) is 11.5 Å². The molecule has 10 heteroatoms. The Kier molecular flexibility index (Phi) is 8.44. The van der Waals surface area contributed by atoms with Crippen LogP contribution >= 0.6 is 0 Å². The minimum Gasteiger partial charge on any atom is -0.493 e. The SMILES string of the molecule is COc1cc2ncnc(Nc3cccc(/C=C/C(=O)NO)c3)c2cc1OCCCN1CCOCC1. The molecule has 0 atom stereocenters. The molecule has 2 aromatic carbocycles. The van der Waals surface area contributed by atoms with E-state index in [2.05, 4.69) is 20.2 Å². The lowest BCUT2D eigenvalue weighted by Gasteiger charge is -2.26. The highest BCUT2D eigenvalue weighted by atomic mass is 16.5. The predicted molar refractivity (Wildman–Crippen MR) is 132 cm³/mol. The standard InChI is InChI=1S/C25H29N5O5/c1-33-22-16-21-20(15-23(22)35-11-3-8-30-9-12-34-13-10-30)25(27-17-26-21)28-19-5-2-4-18(14-19)6-7-24(31)29-32/h2,4-7,14-17,32H,3,8-13H2,1H3,(H,29,31)(H,26,27,28)/b7-6+. The number of amides is 1. The number of nitrogens with zero attached hydrogens (tertiary/aromatic N) is 3. The Labute approximate surface area is 203 Å².